The maximum Gasteiger partial charge on any atom is 0.240 e. The van der Waals surface area contributed by atoms with Crippen molar-refractivity contribution in [2.24, 2.45) is 0 Å². The zero-order chi connectivity index (χ0) is 12.3. The minimum absolute atomic E-state index is 0.0117. The molecule has 0 fully saturated rings. The zero-order valence-corrected chi connectivity index (χ0v) is 10.9. The number of nitrogens with one attached hydrogen (secondary N) is 1. The molecule has 1 aromatic carbocycles. The highest BCUT2D eigenvalue weighted by molar-refractivity contribution is 9.10. The van der Waals surface area contributed by atoms with E-state index >= 15 is 0 Å². The van der Waals surface area contributed by atoms with E-state index in [1.807, 2.05) is 35.0 Å². The molecule has 88 valence electrons. The maximum atomic E-state index is 11.6. The molecule has 0 aliphatic heterocycles. The predicted octanol–water partition coefficient (Wildman–Crippen LogP) is 2.71. The third-order valence-electron chi connectivity index (χ3n) is 2.52. The molecule has 0 atom stereocenters. The fourth-order valence-electron chi connectivity index (χ4n) is 1.72. The quantitative estimate of drug-likeness (QED) is 0.864. The van der Waals surface area contributed by atoms with Crippen molar-refractivity contribution in [1.29, 1.82) is 0 Å². The van der Waals surface area contributed by atoms with Gasteiger partial charge >= 0.3 is 0 Å². The van der Waals surface area contributed by atoms with Crippen LogP contribution in [0.4, 0.5) is 0 Å². The Morgan fingerprint density at radius 3 is 3.06 bits per heavy atom. The SMILES string of the molecule is C=CCNC(=O)Cn1ccc2c(Br)cccc21. The topological polar surface area (TPSA) is 34.0 Å². The van der Waals surface area contributed by atoms with Gasteiger partial charge in [0, 0.05) is 28.1 Å². The average Bonchev–Trinajstić information content (AvgIpc) is 2.71. The molecule has 0 aliphatic rings. The molecule has 1 aromatic heterocycles. The van der Waals surface area contributed by atoms with Gasteiger partial charge in [0.2, 0.25) is 5.91 Å². The van der Waals surface area contributed by atoms with Crippen LogP contribution >= 0.6 is 15.9 Å². The van der Waals surface area contributed by atoms with Crippen LogP contribution in [0, 0.1) is 0 Å². The first kappa shape index (κ1) is 11.9. The Hall–Kier alpha value is -1.55. The van der Waals surface area contributed by atoms with E-state index in [2.05, 4.69) is 27.8 Å². The number of amides is 1. The van der Waals surface area contributed by atoms with Crippen LogP contribution in [0.5, 0.6) is 0 Å². The Kier molecular flexibility index (Phi) is 3.64. The molecular weight excluding hydrogens is 280 g/mol. The Labute approximate surface area is 108 Å². The number of hydrogen-bond acceptors (Lipinski definition) is 1. The van der Waals surface area contributed by atoms with Crippen LogP contribution in [0.2, 0.25) is 0 Å². The summed E-state index contributed by atoms with van der Waals surface area (Å²) in [5, 5.41) is 3.88. The largest absolute Gasteiger partial charge is 0.351 e. The molecule has 17 heavy (non-hydrogen) atoms. The molecule has 0 unspecified atom stereocenters. The highest BCUT2D eigenvalue weighted by Crippen LogP contribution is 2.24. The molecule has 1 N–H and O–H groups in total. The monoisotopic (exact) mass is 292 g/mol. The third kappa shape index (κ3) is 2.58. The Morgan fingerprint density at radius 2 is 2.29 bits per heavy atom. The summed E-state index contributed by atoms with van der Waals surface area (Å²) in [6.07, 6.45) is 3.59. The summed E-state index contributed by atoms with van der Waals surface area (Å²) in [6, 6.07) is 7.95. The minimum Gasteiger partial charge on any atom is -0.351 e. The van der Waals surface area contributed by atoms with Crippen molar-refractivity contribution in [3.63, 3.8) is 0 Å². The second-order valence-electron chi connectivity index (χ2n) is 3.71. The average molecular weight is 293 g/mol. The Morgan fingerprint density at radius 1 is 1.47 bits per heavy atom. The van der Waals surface area contributed by atoms with Gasteiger partial charge in [0.05, 0.1) is 0 Å². The standard InChI is InChI=1S/C13H13BrN2O/c1-2-7-15-13(17)9-16-8-6-10-11(14)4-3-5-12(10)16/h2-6,8H,1,7,9H2,(H,15,17). The summed E-state index contributed by atoms with van der Waals surface area (Å²) in [4.78, 5) is 11.6. The van der Waals surface area contributed by atoms with Crippen molar-refractivity contribution in [2.75, 3.05) is 6.54 Å². The number of nitrogens with zero attached hydrogens (tertiary/aromatic N) is 1. The lowest BCUT2D eigenvalue weighted by Gasteiger charge is -2.05. The lowest BCUT2D eigenvalue weighted by atomic mass is 10.2. The highest BCUT2D eigenvalue weighted by atomic mass is 79.9. The van der Waals surface area contributed by atoms with Crippen molar-refractivity contribution in [3.8, 4) is 0 Å². The molecular formula is C13H13BrN2O. The van der Waals surface area contributed by atoms with Gasteiger partial charge in [-0.15, -0.1) is 6.58 Å². The van der Waals surface area contributed by atoms with Crippen LogP contribution in [0.25, 0.3) is 10.9 Å². The Balaban J connectivity index is 2.22. The van der Waals surface area contributed by atoms with E-state index in [1.165, 1.54) is 0 Å². The summed E-state index contributed by atoms with van der Waals surface area (Å²) in [5.74, 6) is -0.0117. The molecule has 0 radical (unpaired) electrons. The first-order valence-corrected chi connectivity index (χ1v) is 6.12. The molecule has 2 rings (SSSR count). The summed E-state index contributed by atoms with van der Waals surface area (Å²) < 4.78 is 2.97. The summed E-state index contributed by atoms with van der Waals surface area (Å²) >= 11 is 3.49. The highest BCUT2D eigenvalue weighted by Gasteiger charge is 2.06. The van der Waals surface area contributed by atoms with Gasteiger partial charge in [-0.1, -0.05) is 28.1 Å². The summed E-state index contributed by atoms with van der Waals surface area (Å²) in [6.45, 7) is 4.39. The second kappa shape index (κ2) is 5.19. The number of carbonyl (C=O) groups excluding carboxylic acids is 1. The van der Waals surface area contributed by atoms with Gasteiger partial charge < -0.3 is 9.88 Å². The lowest BCUT2D eigenvalue weighted by molar-refractivity contribution is -0.121. The number of benzene rings is 1. The van der Waals surface area contributed by atoms with E-state index in [9.17, 15) is 4.79 Å². The fraction of sp³-hybridized carbons (Fsp3) is 0.154. The van der Waals surface area contributed by atoms with Crippen molar-refractivity contribution in [1.82, 2.24) is 9.88 Å². The number of halogens is 1. The van der Waals surface area contributed by atoms with Crippen molar-refractivity contribution >= 4 is 32.7 Å². The molecule has 0 aliphatic carbocycles. The first-order valence-electron chi connectivity index (χ1n) is 5.33. The smallest absolute Gasteiger partial charge is 0.240 e. The van der Waals surface area contributed by atoms with Crippen molar-refractivity contribution in [2.45, 2.75) is 6.54 Å². The van der Waals surface area contributed by atoms with Crippen LogP contribution in [0.15, 0.2) is 47.6 Å². The number of carbonyl (C=O) groups is 1. The van der Waals surface area contributed by atoms with Gasteiger partial charge in [-0.05, 0) is 18.2 Å². The van der Waals surface area contributed by atoms with Crippen molar-refractivity contribution < 1.29 is 4.79 Å². The second-order valence-corrected chi connectivity index (χ2v) is 4.56. The lowest BCUT2D eigenvalue weighted by Crippen LogP contribution is -2.27. The van der Waals surface area contributed by atoms with E-state index in [1.54, 1.807) is 6.08 Å². The fourth-order valence-corrected chi connectivity index (χ4v) is 2.21. The molecule has 2 aromatic rings. The molecule has 0 saturated carbocycles. The molecule has 3 nitrogen and oxygen atoms in total. The van der Waals surface area contributed by atoms with Crippen LogP contribution in [-0.4, -0.2) is 17.0 Å². The number of hydrogen-bond donors (Lipinski definition) is 1. The predicted molar refractivity (Wildman–Crippen MR) is 72.8 cm³/mol. The number of fused-ring (bicyclic) bond motifs is 1. The third-order valence-corrected chi connectivity index (χ3v) is 3.21. The molecule has 0 saturated heterocycles. The van der Waals surface area contributed by atoms with Crippen LogP contribution in [0.3, 0.4) is 0 Å². The summed E-state index contributed by atoms with van der Waals surface area (Å²) in [7, 11) is 0. The van der Waals surface area contributed by atoms with Crippen LogP contribution in [-0.2, 0) is 11.3 Å². The first-order chi connectivity index (χ1) is 8.22. The minimum atomic E-state index is -0.0117. The van der Waals surface area contributed by atoms with Crippen molar-refractivity contribution in [3.05, 3.63) is 47.6 Å². The van der Waals surface area contributed by atoms with E-state index in [4.69, 9.17) is 0 Å². The van der Waals surface area contributed by atoms with E-state index in [-0.39, 0.29) is 5.91 Å². The molecule has 0 bridgehead atoms. The maximum absolute atomic E-state index is 11.6. The number of rotatable bonds is 4. The van der Waals surface area contributed by atoms with Crippen LogP contribution < -0.4 is 5.32 Å². The van der Waals surface area contributed by atoms with E-state index in [0.29, 0.717) is 13.1 Å². The van der Waals surface area contributed by atoms with Gasteiger partial charge in [0.15, 0.2) is 0 Å². The van der Waals surface area contributed by atoms with Crippen LogP contribution in [0.1, 0.15) is 0 Å². The van der Waals surface area contributed by atoms with Gasteiger partial charge in [-0.2, -0.15) is 0 Å². The summed E-state index contributed by atoms with van der Waals surface area (Å²) in [5.41, 5.74) is 1.05. The van der Waals surface area contributed by atoms with Gasteiger partial charge in [0.1, 0.15) is 6.54 Å². The zero-order valence-electron chi connectivity index (χ0n) is 9.32. The number of aromatic nitrogens is 1. The molecule has 0 spiro atoms. The molecule has 4 heteroatoms. The van der Waals surface area contributed by atoms with Gasteiger partial charge in [-0.25, -0.2) is 0 Å². The van der Waals surface area contributed by atoms with Gasteiger partial charge in [0.25, 0.3) is 0 Å². The van der Waals surface area contributed by atoms with Gasteiger partial charge in [-0.3, -0.25) is 4.79 Å². The molecule has 1 heterocycles. The van der Waals surface area contributed by atoms with E-state index < -0.39 is 0 Å². The molecule has 1 amide bonds. The van der Waals surface area contributed by atoms with E-state index in [0.717, 1.165) is 15.4 Å². The normalized spacial score (nSPS) is 10.4. The Bertz CT molecular complexity index is 560.